The van der Waals surface area contributed by atoms with Gasteiger partial charge in [-0.05, 0) is 44.1 Å². The van der Waals surface area contributed by atoms with Gasteiger partial charge in [0.15, 0.2) is 0 Å². The van der Waals surface area contributed by atoms with Crippen molar-refractivity contribution in [3.8, 4) is 0 Å². The van der Waals surface area contributed by atoms with E-state index >= 15 is 0 Å². The van der Waals surface area contributed by atoms with Crippen molar-refractivity contribution in [1.29, 1.82) is 0 Å². The molecule has 56 valence electrons. The second kappa shape index (κ2) is 1.76. The molecule has 3 unspecified atom stereocenters. The number of rotatable bonds is 0. The third-order valence-electron chi connectivity index (χ3n) is 3.85. The van der Waals surface area contributed by atoms with E-state index in [0.717, 1.165) is 17.9 Å². The SMILES string of the molecule is C1CC2C3CCC3CN2C1. The molecule has 0 aromatic carbocycles. The molecule has 3 aliphatic rings. The molecule has 2 saturated heterocycles. The Morgan fingerprint density at radius 3 is 2.90 bits per heavy atom. The highest BCUT2D eigenvalue weighted by Crippen LogP contribution is 2.48. The van der Waals surface area contributed by atoms with Gasteiger partial charge in [-0.2, -0.15) is 0 Å². The van der Waals surface area contributed by atoms with Gasteiger partial charge in [0, 0.05) is 12.6 Å². The van der Waals surface area contributed by atoms with E-state index in [4.69, 9.17) is 0 Å². The van der Waals surface area contributed by atoms with Gasteiger partial charge < -0.3 is 0 Å². The maximum atomic E-state index is 2.74. The first-order valence-electron chi connectivity index (χ1n) is 4.69. The summed E-state index contributed by atoms with van der Waals surface area (Å²) in [5.41, 5.74) is 0. The van der Waals surface area contributed by atoms with E-state index in [1.54, 1.807) is 6.42 Å². The Kier molecular flexibility index (Phi) is 0.984. The molecule has 3 fully saturated rings. The maximum absolute atomic E-state index is 2.74. The van der Waals surface area contributed by atoms with Gasteiger partial charge in [-0.15, -0.1) is 0 Å². The van der Waals surface area contributed by atoms with Crippen LogP contribution in [0.3, 0.4) is 0 Å². The summed E-state index contributed by atoms with van der Waals surface area (Å²) >= 11 is 0. The van der Waals surface area contributed by atoms with Crippen LogP contribution in [0.15, 0.2) is 0 Å². The Balaban J connectivity index is 1.85. The molecule has 0 radical (unpaired) electrons. The molecule has 0 N–H and O–H groups in total. The smallest absolute Gasteiger partial charge is 0.0127 e. The Bertz CT molecular complexity index is 153. The summed E-state index contributed by atoms with van der Waals surface area (Å²) < 4.78 is 0. The monoisotopic (exact) mass is 137 g/mol. The van der Waals surface area contributed by atoms with Gasteiger partial charge in [-0.1, -0.05) is 0 Å². The van der Waals surface area contributed by atoms with Crippen LogP contribution in [0.5, 0.6) is 0 Å². The van der Waals surface area contributed by atoms with E-state index in [2.05, 4.69) is 4.90 Å². The molecule has 3 rings (SSSR count). The molecule has 3 atom stereocenters. The summed E-state index contributed by atoms with van der Waals surface area (Å²) in [4.78, 5) is 2.74. The van der Waals surface area contributed by atoms with Gasteiger partial charge in [-0.25, -0.2) is 0 Å². The molecule has 1 aliphatic carbocycles. The molecule has 2 aliphatic heterocycles. The van der Waals surface area contributed by atoms with E-state index in [-0.39, 0.29) is 0 Å². The second-order valence-electron chi connectivity index (χ2n) is 4.21. The van der Waals surface area contributed by atoms with Gasteiger partial charge in [0.2, 0.25) is 0 Å². The van der Waals surface area contributed by atoms with Crippen molar-refractivity contribution in [3.63, 3.8) is 0 Å². The average molecular weight is 137 g/mol. The van der Waals surface area contributed by atoms with E-state index in [0.29, 0.717) is 0 Å². The fourth-order valence-electron chi connectivity index (χ4n) is 3.19. The molecule has 0 aromatic rings. The van der Waals surface area contributed by atoms with Crippen molar-refractivity contribution in [3.05, 3.63) is 0 Å². The molecule has 0 aromatic heterocycles. The number of nitrogens with zero attached hydrogens (tertiary/aromatic N) is 1. The predicted molar refractivity (Wildman–Crippen MR) is 40.8 cm³/mol. The molecule has 1 saturated carbocycles. The van der Waals surface area contributed by atoms with Crippen LogP contribution in [0.4, 0.5) is 0 Å². The van der Waals surface area contributed by atoms with E-state index in [1.807, 2.05) is 0 Å². The normalized spacial score (nSPS) is 52.2. The van der Waals surface area contributed by atoms with Crippen LogP contribution >= 0.6 is 0 Å². The van der Waals surface area contributed by atoms with E-state index < -0.39 is 0 Å². The molecule has 10 heavy (non-hydrogen) atoms. The summed E-state index contributed by atoms with van der Waals surface area (Å²) in [5.74, 6) is 2.27. The first kappa shape index (κ1) is 5.59. The molecule has 1 heteroatoms. The Morgan fingerprint density at radius 1 is 1.10 bits per heavy atom. The van der Waals surface area contributed by atoms with Crippen molar-refractivity contribution >= 4 is 0 Å². The van der Waals surface area contributed by atoms with Gasteiger partial charge in [0.05, 0.1) is 0 Å². The lowest BCUT2D eigenvalue weighted by Gasteiger charge is -2.32. The highest BCUT2D eigenvalue weighted by molar-refractivity contribution is 5.01. The van der Waals surface area contributed by atoms with E-state index in [1.165, 1.54) is 32.4 Å². The molecule has 0 amide bonds. The highest BCUT2D eigenvalue weighted by atomic mass is 15.2. The highest BCUT2D eigenvalue weighted by Gasteiger charge is 2.47. The predicted octanol–water partition coefficient (Wildman–Crippen LogP) is 1.49. The van der Waals surface area contributed by atoms with Crippen LogP contribution < -0.4 is 0 Å². The summed E-state index contributed by atoms with van der Waals surface area (Å²) in [5, 5.41) is 0. The minimum Gasteiger partial charge on any atom is -0.300 e. The van der Waals surface area contributed by atoms with Gasteiger partial charge >= 0.3 is 0 Å². The van der Waals surface area contributed by atoms with Crippen molar-refractivity contribution in [2.45, 2.75) is 31.7 Å². The molecule has 0 bridgehead atoms. The largest absolute Gasteiger partial charge is 0.300 e. The van der Waals surface area contributed by atoms with Crippen molar-refractivity contribution in [1.82, 2.24) is 4.90 Å². The van der Waals surface area contributed by atoms with Crippen LogP contribution in [0.25, 0.3) is 0 Å². The van der Waals surface area contributed by atoms with Crippen molar-refractivity contribution < 1.29 is 0 Å². The van der Waals surface area contributed by atoms with Gasteiger partial charge in [0.1, 0.15) is 0 Å². The van der Waals surface area contributed by atoms with Crippen molar-refractivity contribution in [2.24, 2.45) is 11.8 Å². The fourth-order valence-corrected chi connectivity index (χ4v) is 3.19. The number of fused-ring (bicyclic) bond motifs is 3. The Morgan fingerprint density at radius 2 is 2.10 bits per heavy atom. The average Bonchev–Trinajstić information content (AvgIpc) is 2.35. The lowest BCUT2D eigenvalue weighted by atomic mass is 9.72. The fraction of sp³-hybridized carbons (Fsp3) is 1.00. The van der Waals surface area contributed by atoms with Gasteiger partial charge in [0.25, 0.3) is 0 Å². The molecule has 2 heterocycles. The third-order valence-corrected chi connectivity index (χ3v) is 3.85. The zero-order chi connectivity index (χ0) is 6.55. The first-order chi connectivity index (χ1) is 4.95. The van der Waals surface area contributed by atoms with Crippen LogP contribution in [0.1, 0.15) is 25.7 Å². The van der Waals surface area contributed by atoms with E-state index in [9.17, 15) is 0 Å². The molecular formula is C9H15N. The lowest BCUT2D eigenvalue weighted by molar-refractivity contribution is 0.201. The standard InChI is InChI=1S/C9H15N/c1-2-9-8-4-3-7(8)6-10(9)5-1/h7-9H,1-6H2. The molecule has 0 spiro atoms. The van der Waals surface area contributed by atoms with Crippen LogP contribution in [0.2, 0.25) is 0 Å². The number of hydrogen-bond acceptors (Lipinski definition) is 1. The Hall–Kier alpha value is -0.0400. The second-order valence-corrected chi connectivity index (χ2v) is 4.21. The van der Waals surface area contributed by atoms with Crippen molar-refractivity contribution in [2.75, 3.05) is 13.1 Å². The van der Waals surface area contributed by atoms with Gasteiger partial charge in [-0.3, -0.25) is 4.90 Å². The molecule has 1 nitrogen and oxygen atoms in total. The van der Waals surface area contributed by atoms with Crippen LogP contribution in [0, 0.1) is 11.8 Å². The Labute approximate surface area is 62.4 Å². The summed E-state index contributed by atoms with van der Waals surface area (Å²) in [6.07, 6.45) is 6.08. The third kappa shape index (κ3) is 0.531. The zero-order valence-corrected chi connectivity index (χ0v) is 6.42. The lowest BCUT2D eigenvalue weighted by Crippen LogP contribution is -2.29. The first-order valence-corrected chi connectivity index (χ1v) is 4.69. The van der Waals surface area contributed by atoms with Crippen LogP contribution in [-0.2, 0) is 0 Å². The van der Waals surface area contributed by atoms with Crippen LogP contribution in [-0.4, -0.2) is 24.0 Å². The summed E-state index contributed by atoms with van der Waals surface area (Å²) in [6, 6.07) is 1.04. The zero-order valence-electron chi connectivity index (χ0n) is 6.42. The number of hydrogen-bond donors (Lipinski definition) is 0. The minimum absolute atomic E-state index is 1.04. The maximum Gasteiger partial charge on any atom is 0.0127 e. The minimum atomic E-state index is 1.04. The summed E-state index contributed by atoms with van der Waals surface area (Å²) in [6.45, 7) is 2.87. The topological polar surface area (TPSA) is 3.24 Å². The quantitative estimate of drug-likeness (QED) is 0.489. The molecular weight excluding hydrogens is 122 g/mol. The summed E-state index contributed by atoms with van der Waals surface area (Å²) in [7, 11) is 0.